The van der Waals surface area contributed by atoms with Crippen LogP contribution >= 0.6 is 0 Å². The number of ether oxygens (including phenoxy) is 1. The van der Waals surface area contributed by atoms with E-state index in [4.69, 9.17) is 24.8 Å². The lowest BCUT2D eigenvalue weighted by atomic mass is 9.83. The van der Waals surface area contributed by atoms with E-state index < -0.39 is 162 Å². The number of fused-ring (bicyclic) bond motifs is 4. The molecule has 0 fully saturated rings. The summed E-state index contributed by atoms with van der Waals surface area (Å²) in [6, 6.07) is 22.7. The minimum atomic E-state index is -5.91. The predicted molar refractivity (Wildman–Crippen MR) is 339 cm³/mol. The molecular weight excluding hydrogens is 1000 g/mol. The third-order valence-electron chi connectivity index (χ3n) is 14.7. The Morgan fingerprint density at radius 3 is 1.79 bits per heavy atom. The molecule has 5 nitrogen and oxygen atoms in total. The Hall–Kier alpha value is -9.36. The van der Waals surface area contributed by atoms with Crippen LogP contribution in [-0.4, -0.2) is 22.2 Å². The molecule has 81 heavy (non-hydrogen) atoms. The summed E-state index contributed by atoms with van der Waals surface area (Å²) in [4.78, 5) is 4.73. The Bertz CT molecular complexity index is 5550. The Labute approximate surface area is 509 Å². The zero-order valence-electron chi connectivity index (χ0n) is 68.0. The molecule has 0 aliphatic heterocycles. The summed E-state index contributed by atoms with van der Waals surface area (Å²) in [7, 11) is -5.91. The highest BCUT2D eigenvalue weighted by molar-refractivity contribution is 7.20. The quantitative estimate of drug-likeness (QED) is 0.0560. The molecule has 0 bridgehead atoms. The van der Waals surface area contributed by atoms with Crippen molar-refractivity contribution in [3.63, 3.8) is 0 Å². The van der Waals surface area contributed by atoms with E-state index in [1.165, 1.54) is 12.3 Å². The van der Waals surface area contributed by atoms with Crippen molar-refractivity contribution in [2.45, 2.75) is 59.2 Å². The van der Waals surface area contributed by atoms with Gasteiger partial charge >= 0.3 is 0 Å². The fraction of sp³-hybridized carbons (Fsp3) is 0.120. The largest absolute Gasteiger partial charge is 0.458 e. The molecule has 0 saturated heterocycles. The lowest BCUT2D eigenvalue weighted by molar-refractivity contribution is -0.570. The van der Waals surface area contributed by atoms with Gasteiger partial charge in [0.05, 0.1) is 60.9 Å². The van der Waals surface area contributed by atoms with Gasteiger partial charge < -0.3 is 4.74 Å². The highest BCUT2D eigenvalue weighted by atomic mass is 28.3. The zero-order valence-corrected chi connectivity index (χ0v) is 46.0. The Morgan fingerprint density at radius 2 is 1.12 bits per heavy atom. The topological polar surface area (TPSA) is 35.9 Å². The number of para-hydroxylation sites is 3. The highest BCUT2D eigenvalue weighted by Gasteiger charge is 2.45. The number of aromatic nitrogens is 4. The predicted octanol–water partition coefficient (Wildman–Crippen LogP) is 15.6. The van der Waals surface area contributed by atoms with Crippen molar-refractivity contribution < 1.29 is 40.8 Å². The first-order valence-corrected chi connectivity index (χ1v) is 28.2. The van der Waals surface area contributed by atoms with Crippen molar-refractivity contribution in [2.24, 2.45) is 0 Å². The van der Waals surface area contributed by atoms with Crippen LogP contribution in [0.4, 0.5) is 0 Å². The molecule has 3 heterocycles. The molecule has 0 amide bonds. The van der Waals surface area contributed by atoms with Gasteiger partial charge in [0.2, 0.25) is 0 Å². The van der Waals surface area contributed by atoms with E-state index in [1.807, 2.05) is 102 Å². The summed E-state index contributed by atoms with van der Waals surface area (Å²) in [5.74, 6) is 0.733. The van der Waals surface area contributed by atoms with Crippen molar-refractivity contribution in [1.82, 2.24) is 14.1 Å². The maximum absolute atomic E-state index is 10.1. The van der Waals surface area contributed by atoms with E-state index in [0.29, 0.717) is 50.2 Å². The number of hydrogen-bond donors (Lipinski definition) is 0. The van der Waals surface area contributed by atoms with Crippen molar-refractivity contribution >= 4 is 61.7 Å². The number of rotatable bonds is 11. The summed E-state index contributed by atoms with van der Waals surface area (Å²) < 4.78 is 224. The fourth-order valence-electron chi connectivity index (χ4n) is 10.7. The summed E-state index contributed by atoms with van der Waals surface area (Å²) in [5.41, 5.74) is 2.59. The van der Waals surface area contributed by atoms with Crippen LogP contribution in [0.15, 0.2) is 261 Å². The molecule has 0 spiro atoms. The summed E-state index contributed by atoms with van der Waals surface area (Å²) in [6.45, 7) is 8.91. The summed E-state index contributed by atoms with van der Waals surface area (Å²) in [5, 5.41) is -0.573. The Balaban J connectivity index is 1.10. The van der Waals surface area contributed by atoms with Gasteiger partial charge in [-0.3, -0.25) is 13.7 Å². The smallest absolute Gasteiger partial charge is 0.269 e. The molecule has 0 aliphatic rings. The normalized spacial score (nSPS) is 16.3. The van der Waals surface area contributed by atoms with Gasteiger partial charge in [0.25, 0.3) is 6.33 Å². The van der Waals surface area contributed by atoms with Crippen LogP contribution in [0.3, 0.4) is 0 Å². The maximum atomic E-state index is 10.1. The molecule has 0 aliphatic carbocycles. The number of hydrogen-bond acceptors (Lipinski definition) is 2. The van der Waals surface area contributed by atoms with Crippen molar-refractivity contribution in [3.05, 3.63) is 284 Å². The fourth-order valence-corrected chi connectivity index (χ4v) is 14.7. The monoisotopic (exact) mass is 1090 g/mol. The molecule has 10 aromatic carbocycles. The second-order valence-electron chi connectivity index (χ2n) is 21.7. The van der Waals surface area contributed by atoms with Crippen LogP contribution in [0.25, 0.3) is 72.3 Å². The van der Waals surface area contributed by atoms with Gasteiger partial charge in [-0.15, -0.1) is 0 Å². The molecule has 0 N–H and O–H groups in total. The Kier molecular flexibility index (Phi) is 7.91. The molecule has 0 radical (unpaired) electrons. The number of nitrogens with zero attached hydrogens (tertiary/aromatic N) is 4. The molecular formula is C75H64N4OSi. The first-order valence-electron chi connectivity index (χ1n) is 37.7. The second kappa shape index (κ2) is 20.4. The molecule has 3 aromatic heterocycles. The summed E-state index contributed by atoms with van der Waals surface area (Å²) >= 11 is 0. The van der Waals surface area contributed by atoms with Crippen LogP contribution < -0.4 is 30.1 Å². The van der Waals surface area contributed by atoms with Gasteiger partial charge in [0, 0.05) is 32.7 Å². The second-order valence-corrected chi connectivity index (χ2v) is 25.3. The number of imidazole rings is 1. The van der Waals surface area contributed by atoms with E-state index in [-0.39, 0.29) is 39.1 Å². The zero-order chi connectivity index (χ0) is 75.4. The average Bonchev–Trinajstić information content (AvgIpc) is 0.728. The average molecular weight is 1090 g/mol. The van der Waals surface area contributed by atoms with Gasteiger partial charge in [-0.1, -0.05) is 247 Å². The van der Waals surface area contributed by atoms with E-state index in [9.17, 15) is 16.4 Å². The minimum absolute atomic E-state index is 0.0800. The van der Waals surface area contributed by atoms with Gasteiger partial charge in [0.15, 0.2) is 8.07 Å². The van der Waals surface area contributed by atoms with E-state index in [0.717, 1.165) is 16.3 Å². The third-order valence-corrected chi connectivity index (χ3v) is 18.9. The van der Waals surface area contributed by atoms with Gasteiger partial charge in [-0.25, -0.2) is 4.98 Å². The van der Waals surface area contributed by atoms with Crippen LogP contribution in [0.2, 0.25) is 0 Å². The molecule has 13 aromatic rings. The van der Waals surface area contributed by atoms with Crippen LogP contribution in [-0.2, 0) is 10.8 Å². The first kappa shape index (κ1) is 31.4. The van der Waals surface area contributed by atoms with Crippen molar-refractivity contribution in [1.29, 1.82) is 0 Å². The highest BCUT2D eigenvalue weighted by Crippen LogP contribution is 2.38. The third kappa shape index (κ3) is 9.16. The van der Waals surface area contributed by atoms with Crippen molar-refractivity contribution in [2.75, 3.05) is 0 Å². The van der Waals surface area contributed by atoms with Gasteiger partial charge in [-0.05, 0) is 114 Å². The lowest BCUT2D eigenvalue weighted by Gasteiger charge is -2.38. The van der Waals surface area contributed by atoms with Crippen molar-refractivity contribution in [3.8, 4) is 50.9 Å². The molecule has 394 valence electrons. The molecule has 0 unspecified atom stereocenters. The van der Waals surface area contributed by atoms with E-state index in [2.05, 4.69) is 6.33 Å². The first-order chi connectivity index (χ1) is 48.8. The number of benzene rings is 10. The van der Waals surface area contributed by atoms with Crippen LogP contribution in [0.5, 0.6) is 11.5 Å². The van der Waals surface area contributed by atoms with Gasteiger partial charge in [0.1, 0.15) is 17.3 Å². The van der Waals surface area contributed by atoms with Gasteiger partial charge in [-0.2, -0.15) is 0 Å². The molecule has 0 saturated carbocycles. The van der Waals surface area contributed by atoms with E-state index >= 15 is 0 Å². The molecule has 6 heteroatoms. The SMILES string of the molecule is [2H]c1c([2H])c([2H])c(-c2cnc(-n3c4ccccc4c4ccc(Oc5cccc(-n6[c-][n+](-c7c(-c8cccc(C(C)(C)C)c8)cc(C(C)(C)C)cc7[Si](c7c([2H])c([2H])c([2H])c([2H])c7[2H])(c7c([2H])c([2H])c([2H])c([2H])c7[2H])c7c([2H])c([2H])c([2H])c([2H])c7[2H])c7ccccc76)c5)cc43)cc2C([2H])([2H])[2H])c([2H])c1[2H]. The maximum Gasteiger partial charge on any atom is 0.269 e. The number of pyridine rings is 1. The minimum Gasteiger partial charge on any atom is -0.458 e. The van der Waals surface area contributed by atoms with E-state index in [1.54, 1.807) is 80.4 Å². The Morgan fingerprint density at radius 1 is 0.519 bits per heavy atom. The van der Waals surface area contributed by atoms with Crippen LogP contribution in [0.1, 0.15) is 89.8 Å². The summed E-state index contributed by atoms with van der Waals surface area (Å²) in [6.07, 6.45) is 4.80. The molecule has 13 rings (SSSR count). The number of aryl methyl sites for hydroxylation is 1. The standard InChI is InChI=1S/C75H64N4OSi/c1-52-44-72(76-50-66(52)53-26-12-8-13-27-53)79-67-39-21-20-38-63(67)64-43-42-59(49-70(64)79)80-58-31-25-30-57(48-58)77-51-78(69-41-23-22-40-68(69)77)73-65(54-28-24-29-55(45-54)74(2,3)4)46-56(75(5,6)7)47-71(73)81(60-32-14-9-15-33-60,61-34-16-10-17-35-61)62-36-18-11-19-37-62/h8-50H,1-7H3/i1D3,8D,9D,10D,11D,12D,13D,14D,15D,16D,17D,18D,19D,26D,27D,32D,33D,34D,35D,36D,37D. The van der Waals surface area contributed by atoms with Crippen LogP contribution in [0, 0.1) is 13.2 Å². The molecule has 0 atom stereocenters. The lowest BCUT2D eigenvalue weighted by Crippen LogP contribution is -2.76.